The molecular weight excluding hydrogens is 358 g/mol. The minimum atomic E-state index is -3.65. The molecule has 1 N–H and O–H groups in total. The van der Waals surface area contributed by atoms with Crippen LogP contribution in [0.3, 0.4) is 0 Å². The summed E-state index contributed by atoms with van der Waals surface area (Å²) in [6, 6.07) is 9.20. The van der Waals surface area contributed by atoms with Crippen LogP contribution in [0.1, 0.15) is 41.4 Å². The Hall–Kier alpha value is -2.27. The molecule has 1 aromatic heterocycles. The number of nitrogens with one attached hydrogen (secondary N) is 1. The van der Waals surface area contributed by atoms with Gasteiger partial charge in [0, 0.05) is 23.1 Å². The lowest BCUT2D eigenvalue weighted by Gasteiger charge is -2.17. The third-order valence-electron chi connectivity index (χ3n) is 5.62. The first kappa shape index (κ1) is 18.1. The van der Waals surface area contributed by atoms with E-state index in [4.69, 9.17) is 4.42 Å². The van der Waals surface area contributed by atoms with E-state index in [0.717, 1.165) is 52.7 Å². The molecule has 0 bridgehead atoms. The largest absolute Gasteiger partial charge is 0.461 e. The SMILES string of the molecule is Cc1cc(C)c(S(=O)(=O)Nc2ccc3oc4c(c3c2)CC(C)CC4)cc1C. The standard InChI is InChI=1S/C22H25NO3S/c1-13-5-7-20-18(9-13)19-12-17(6-8-21(19)26-20)23-27(24,25)22-11-15(3)14(2)10-16(22)4/h6,8,10-13,23H,5,7,9H2,1-4H3. The Morgan fingerprint density at radius 3 is 2.56 bits per heavy atom. The summed E-state index contributed by atoms with van der Waals surface area (Å²) < 4.78 is 34.7. The predicted molar refractivity (Wildman–Crippen MR) is 109 cm³/mol. The molecule has 1 atom stereocenters. The van der Waals surface area contributed by atoms with Crippen LogP contribution in [0.25, 0.3) is 11.0 Å². The van der Waals surface area contributed by atoms with Gasteiger partial charge in [0.15, 0.2) is 0 Å². The van der Waals surface area contributed by atoms with Crippen LogP contribution in [0.2, 0.25) is 0 Å². The van der Waals surface area contributed by atoms with Crippen molar-refractivity contribution in [3.63, 3.8) is 0 Å². The Labute approximate surface area is 160 Å². The van der Waals surface area contributed by atoms with E-state index in [0.29, 0.717) is 16.5 Å². The van der Waals surface area contributed by atoms with Crippen LogP contribution in [0.15, 0.2) is 39.6 Å². The van der Waals surface area contributed by atoms with Crippen LogP contribution in [0.4, 0.5) is 5.69 Å². The van der Waals surface area contributed by atoms with Crippen LogP contribution < -0.4 is 4.72 Å². The third kappa shape index (κ3) is 3.25. The van der Waals surface area contributed by atoms with E-state index >= 15 is 0 Å². The van der Waals surface area contributed by atoms with Gasteiger partial charge in [-0.25, -0.2) is 8.42 Å². The Balaban J connectivity index is 1.73. The van der Waals surface area contributed by atoms with Crippen molar-refractivity contribution in [3.05, 3.63) is 58.3 Å². The molecule has 0 saturated carbocycles. The summed E-state index contributed by atoms with van der Waals surface area (Å²) in [5.74, 6) is 1.67. The molecule has 4 rings (SSSR count). The molecule has 142 valence electrons. The molecule has 0 aliphatic heterocycles. The molecule has 3 aromatic rings. The van der Waals surface area contributed by atoms with Crippen molar-refractivity contribution < 1.29 is 12.8 Å². The lowest BCUT2D eigenvalue weighted by Crippen LogP contribution is -2.15. The first-order chi connectivity index (χ1) is 12.7. The average Bonchev–Trinajstić information content (AvgIpc) is 2.95. The van der Waals surface area contributed by atoms with Crippen molar-refractivity contribution >= 4 is 26.7 Å². The zero-order valence-electron chi connectivity index (χ0n) is 16.2. The van der Waals surface area contributed by atoms with Gasteiger partial charge in [-0.3, -0.25) is 4.72 Å². The van der Waals surface area contributed by atoms with Crippen molar-refractivity contribution in [2.75, 3.05) is 4.72 Å². The van der Waals surface area contributed by atoms with Crippen LogP contribution in [-0.4, -0.2) is 8.42 Å². The molecule has 1 aliphatic rings. The molecule has 1 unspecified atom stereocenters. The number of aryl methyl sites for hydroxylation is 4. The highest BCUT2D eigenvalue weighted by Crippen LogP contribution is 2.35. The highest BCUT2D eigenvalue weighted by atomic mass is 32.2. The normalized spacial score (nSPS) is 17.1. The summed E-state index contributed by atoms with van der Waals surface area (Å²) in [5, 5.41) is 1.02. The minimum Gasteiger partial charge on any atom is -0.461 e. The second-order valence-corrected chi connectivity index (χ2v) is 9.52. The number of rotatable bonds is 3. The molecule has 0 spiro atoms. The fraction of sp³-hybridized carbons (Fsp3) is 0.364. The van der Waals surface area contributed by atoms with Crippen LogP contribution in [0, 0.1) is 26.7 Å². The molecular formula is C22H25NO3S. The number of benzene rings is 2. The number of hydrogen-bond donors (Lipinski definition) is 1. The number of furan rings is 1. The maximum Gasteiger partial charge on any atom is 0.262 e. The molecule has 0 saturated heterocycles. The van der Waals surface area contributed by atoms with Gasteiger partial charge in [0.2, 0.25) is 0 Å². The van der Waals surface area contributed by atoms with Crippen molar-refractivity contribution in [1.82, 2.24) is 0 Å². The Kier molecular flexibility index (Phi) is 4.30. The predicted octanol–water partition coefficient (Wildman–Crippen LogP) is 5.28. The van der Waals surface area contributed by atoms with Gasteiger partial charge in [0.1, 0.15) is 11.3 Å². The summed E-state index contributed by atoms with van der Waals surface area (Å²) in [6.07, 6.45) is 3.07. The molecule has 4 nitrogen and oxygen atoms in total. The molecule has 1 aliphatic carbocycles. The summed E-state index contributed by atoms with van der Waals surface area (Å²) >= 11 is 0. The molecule has 1 heterocycles. The lowest BCUT2D eigenvalue weighted by atomic mass is 9.88. The lowest BCUT2D eigenvalue weighted by molar-refractivity contribution is 0.438. The Bertz CT molecular complexity index is 1140. The van der Waals surface area contributed by atoms with Crippen LogP contribution in [0.5, 0.6) is 0 Å². The second-order valence-electron chi connectivity index (χ2n) is 7.87. The number of sulfonamides is 1. The molecule has 0 amide bonds. The molecule has 0 radical (unpaired) electrons. The Morgan fingerprint density at radius 2 is 1.78 bits per heavy atom. The van der Waals surface area contributed by atoms with Crippen LogP contribution >= 0.6 is 0 Å². The van der Waals surface area contributed by atoms with E-state index < -0.39 is 10.0 Å². The van der Waals surface area contributed by atoms with E-state index in [9.17, 15) is 8.42 Å². The smallest absolute Gasteiger partial charge is 0.262 e. The maximum absolute atomic E-state index is 13.0. The summed E-state index contributed by atoms with van der Waals surface area (Å²) in [5.41, 5.74) is 5.44. The fourth-order valence-electron chi connectivity index (χ4n) is 3.95. The topological polar surface area (TPSA) is 59.3 Å². The number of fused-ring (bicyclic) bond motifs is 3. The summed E-state index contributed by atoms with van der Waals surface area (Å²) in [4.78, 5) is 0.327. The van der Waals surface area contributed by atoms with Gasteiger partial charge >= 0.3 is 0 Å². The number of anilines is 1. The maximum atomic E-state index is 13.0. The van der Waals surface area contributed by atoms with Crippen molar-refractivity contribution in [1.29, 1.82) is 0 Å². The van der Waals surface area contributed by atoms with E-state index in [1.165, 1.54) is 5.56 Å². The number of hydrogen-bond acceptors (Lipinski definition) is 3. The molecule has 5 heteroatoms. The average molecular weight is 384 g/mol. The monoisotopic (exact) mass is 383 g/mol. The summed E-state index contributed by atoms with van der Waals surface area (Å²) in [7, 11) is -3.65. The van der Waals surface area contributed by atoms with E-state index in [1.54, 1.807) is 12.1 Å². The van der Waals surface area contributed by atoms with Gasteiger partial charge in [-0.05, 0) is 80.5 Å². The van der Waals surface area contributed by atoms with E-state index in [-0.39, 0.29) is 0 Å². The minimum absolute atomic E-state index is 0.327. The van der Waals surface area contributed by atoms with Gasteiger partial charge < -0.3 is 4.42 Å². The highest BCUT2D eigenvalue weighted by Gasteiger charge is 2.23. The summed E-state index contributed by atoms with van der Waals surface area (Å²) in [6.45, 7) is 8.00. The highest BCUT2D eigenvalue weighted by molar-refractivity contribution is 7.92. The zero-order valence-corrected chi connectivity index (χ0v) is 17.0. The van der Waals surface area contributed by atoms with Crippen molar-refractivity contribution in [2.24, 2.45) is 5.92 Å². The second kappa shape index (κ2) is 6.41. The molecule has 2 aromatic carbocycles. The molecule has 27 heavy (non-hydrogen) atoms. The molecule has 0 fully saturated rings. The third-order valence-corrected chi connectivity index (χ3v) is 7.15. The first-order valence-electron chi connectivity index (χ1n) is 9.39. The van der Waals surface area contributed by atoms with Gasteiger partial charge in [-0.15, -0.1) is 0 Å². The zero-order chi connectivity index (χ0) is 19.3. The van der Waals surface area contributed by atoms with Crippen molar-refractivity contribution in [2.45, 2.75) is 51.9 Å². The first-order valence-corrected chi connectivity index (χ1v) is 10.9. The van der Waals surface area contributed by atoms with E-state index in [2.05, 4.69) is 11.6 Å². The Morgan fingerprint density at radius 1 is 1.04 bits per heavy atom. The van der Waals surface area contributed by atoms with Gasteiger partial charge in [0.05, 0.1) is 4.90 Å². The van der Waals surface area contributed by atoms with Crippen molar-refractivity contribution in [3.8, 4) is 0 Å². The van der Waals surface area contributed by atoms with E-state index in [1.807, 2.05) is 39.0 Å². The quantitative estimate of drug-likeness (QED) is 0.669. The van der Waals surface area contributed by atoms with Crippen LogP contribution in [-0.2, 0) is 22.9 Å². The van der Waals surface area contributed by atoms with Gasteiger partial charge in [-0.1, -0.05) is 13.0 Å². The van der Waals surface area contributed by atoms with Gasteiger partial charge in [0.25, 0.3) is 10.0 Å². The fourth-order valence-corrected chi connectivity index (χ4v) is 5.31. The van der Waals surface area contributed by atoms with Gasteiger partial charge in [-0.2, -0.15) is 0 Å².